The summed E-state index contributed by atoms with van der Waals surface area (Å²) in [5.74, 6) is -2.27. The van der Waals surface area contributed by atoms with E-state index in [-0.39, 0.29) is 25.0 Å². The summed E-state index contributed by atoms with van der Waals surface area (Å²) in [7, 11) is 0. The van der Waals surface area contributed by atoms with Crippen molar-refractivity contribution in [2.45, 2.75) is 56.8 Å². The Morgan fingerprint density at radius 3 is 2.72 bits per heavy atom. The zero-order valence-electron chi connectivity index (χ0n) is 18.4. The Morgan fingerprint density at radius 2 is 2.03 bits per heavy atom. The van der Waals surface area contributed by atoms with Crippen molar-refractivity contribution in [1.29, 1.82) is 0 Å². The summed E-state index contributed by atoms with van der Waals surface area (Å²) in [6.07, 6.45) is 2.21. The van der Waals surface area contributed by atoms with E-state index < -0.39 is 35.0 Å². The van der Waals surface area contributed by atoms with Gasteiger partial charge in [-0.1, -0.05) is 30.7 Å². The van der Waals surface area contributed by atoms with Crippen molar-refractivity contribution in [3.05, 3.63) is 29.3 Å². The maximum absolute atomic E-state index is 13.6. The van der Waals surface area contributed by atoms with Crippen LogP contribution in [0.5, 0.6) is 0 Å². The topological polar surface area (TPSA) is 108 Å². The smallest absolute Gasteiger partial charge is 0.250 e. The van der Waals surface area contributed by atoms with Gasteiger partial charge >= 0.3 is 0 Å². The third kappa shape index (κ3) is 3.49. The van der Waals surface area contributed by atoms with Gasteiger partial charge in [-0.05, 0) is 44.7 Å². The number of ether oxygens (including phenoxy) is 1. The number of aliphatic hydroxyl groups is 1. The molecule has 3 saturated heterocycles. The Labute approximate surface area is 192 Å². The number of aliphatic hydroxyl groups excluding tert-OH is 1. The van der Waals surface area contributed by atoms with Crippen LogP contribution in [0.15, 0.2) is 24.3 Å². The highest BCUT2D eigenvalue weighted by molar-refractivity contribution is 6.33. The van der Waals surface area contributed by atoms with Gasteiger partial charge in [0, 0.05) is 19.7 Å². The fourth-order valence-electron chi connectivity index (χ4n) is 5.73. The maximum Gasteiger partial charge on any atom is 0.250 e. The quantitative estimate of drug-likeness (QED) is 0.546. The molecule has 0 saturated carbocycles. The number of fused-ring (bicyclic) bond motifs is 1. The van der Waals surface area contributed by atoms with Gasteiger partial charge < -0.3 is 25.4 Å². The van der Waals surface area contributed by atoms with E-state index in [0.717, 1.165) is 6.42 Å². The zero-order chi connectivity index (χ0) is 23.1. The van der Waals surface area contributed by atoms with Crippen LogP contribution >= 0.6 is 11.6 Å². The molecule has 2 bridgehead atoms. The van der Waals surface area contributed by atoms with Gasteiger partial charge in [0.25, 0.3) is 0 Å². The lowest BCUT2D eigenvalue weighted by atomic mass is 9.66. The second kappa shape index (κ2) is 8.65. The van der Waals surface area contributed by atoms with E-state index in [1.807, 2.05) is 13.8 Å². The van der Waals surface area contributed by atoms with Crippen molar-refractivity contribution in [2.24, 2.45) is 11.8 Å². The number of carbonyl (C=O) groups excluding carboxylic acids is 3. The van der Waals surface area contributed by atoms with Crippen LogP contribution in [0, 0.1) is 11.8 Å². The lowest BCUT2D eigenvalue weighted by Gasteiger charge is -2.33. The molecule has 2 unspecified atom stereocenters. The third-order valence-electron chi connectivity index (χ3n) is 7.05. The van der Waals surface area contributed by atoms with E-state index in [0.29, 0.717) is 36.5 Å². The molecule has 1 spiro atoms. The number of halogens is 1. The molecule has 32 heavy (non-hydrogen) atoms. The number of amides is 3. The predicted molar refractivity (Wildman–Crippen MR) is 119 cm³/mol. The molecule has 3 aliphatic rings. The number of nitrogens with one attached hydrogen (secondary N) is 2. The third-order valence-corrected chi connectivity index (χ3v) is 7.38. The molecule has 3 amide bonds. The van der Waals surface area contributed by atoms with Gasteiger partial charge in [-0.3, -0.25) is 14.4 Å². The maximum atomic E-state index is 13.6. The lowest BCUT2D eigenvalue weighted by Crippen LogP contribution is -2.53. The predicted octanol–water partition coefficient (Wildman–Crippen LogP) is 1.95. The molecule has 0 radical (unpaired) electrons. The van der Waals surface area contributed by atoms with Crippen molar-refractivity contribution < 1.29 is 24.2 Å². The summed E-state index contributed by atoms with van der Waals surface area (Å²) in [6.45, 7) is 4.44. The van der Waals surface area contributed by atoms with E-state index in [2.05, 4.69) is 10.6 Å². The minimum Gasteiger partial charge on any atom is -0.396 e. The van der Waals surface area contributed by atoms with Gasteiger partial charge in [0.05, 0.1) is 28.1 Å². The molecule has 3 aliphatic heterocycles. The molecular formula is C23H30ClN3O5. The van der Waals surface area contributed by atoms with Crippen molar-refractivity contribution in [3.8, 4) is 0 Å². The second-order valence-corrected chi connectivity index (χ2v) is 9.50. The molecule has 8 nitrogen and oxygen atoms in total. The molecule has 0 aliphatic carbocycles. The normalized spacial score (nSPS) is 32.8. The summed E-state index contributed by atoms with van der Waals surface area (Å²) in [6, 6.07) is 5.99. The summed E-state index contributed by atoms with van der Waals surface area (Å²) < 4.78 is 6.49. The van der Waals surface area contributed by atoms with Crippen LogP contribution in [0.4, 0.5) is 5.69 Å². The Hall–Kier alpha value is -2.16. The van der Waals surface area contributed by atoms with Crippen molar-refractivity contribution >= 4 is 35.0 Å². The first kappa shape index (κ1) is 23.0. The number of nitrogens with zero attached hydrogens (tertiary/aromatic N) is 1. The monoisotopic (exact) mass is 463 g/mol. The van der Waals surface area contributed by atoms with Crippen molar-refractivity contribution in [3.63, 3.8) is 0 Å². The lowest BCUT2D eigenvalue weighted by molar-refractivity contribution is -0.144. The van der Waals surface area contributed by atoms with E-state index in [1.54, 1.807) is 24.3 Å². The number of para-hydroxylation sites is 1. The Balaban J connectivity index is 1.70. The van der Waals surface area contributed by atoms with Gasteiger partial charge in [0.1, 0.15) is 11.6 Å². The SMILES string of the molecule is CCCNC(=O)[C@H]1[C@H]2C(=O)N(CCCO)C(C(=O)Nc3ccccc3Cl)C23CC[C@]1(C)O3. The van der Waals surface area contributed by atoms with Crippen LogP contribution in [-0.4, -0.2) is 64.7 Å². The molecule has 174 valence electrons. The Bertz CT molecular complexity index is 927. The fraction of sp³-hybridized carbons (Fsp3) is 0.609. The number of hydrogen-bond donors (Lipinski definition) is 3. The molecule has 1 aromatic rings. The highest BCUT2D eigenvalue weighted by Crippen LogP contribution is 2.63. The first-order chi connectivity index (χ1) is 15.3. The van der Waals surface area contributed by atoms with Gasteiger partial charge in [0.2, 0.25) is 17.7 Å². The molecule has 3 N–H and O–H groups in total. The number of carbonyl (C=O) groups is 3. The van der Waals surface area contributed by atoms with Crippen LogP contribution in [0.1, 0.15) is 39.5 Å². The molecule has 0 aromatic heterocycles. The fourth-order valence-corrected chi connectivity index (χ4v) is 5.91. The molecular weight excluding hydrogens is 434 g/mol. The number of rotatable bonds is 8. The van der Waals surface area contributed by atoms with E-state index in [9.17, 15) is 19.5 Å². The standard InChI is InChI=1S/C23H30ClN3O5/c1-3-11-25-19(29)16-17-21(31)27(12-6-13-28)18(23(17)10-9-22(16,2)32-23)20(30)26-15-8-5-4-7-14(15)24/h4-5,7-8,16-18,28H,3,6,9-13H2,1-2H3,(H,25,29)(H,26,30)/t16-,17+,18?,22+,23?/m1/s1. The van der Waals surface area contributed by atoms with Crippen molar-refractivity contribution in [2.75, 3.05) is 25.0 Å². The second-order valence-electron chi connectivity index (χ2n) is 9.10. The highest BCUT2D eigenvalue weighted by Gasteiger charge is 2.77. The average Bonchev–Trinajstić information content (AvgIpc) is 3.33. The number of benzene rings is 1. The van der Waals surface area contributed by atoms with Crippen LogP contribution < -0.4 is 10.6 Å². The van der Waals surface area contributed by atoms with Gasteiger partial charge in [-0.25, -0.2) is 0 Å². The van der Waals surface area contributed by atoms with Crippen LogP contribution in [0.2, 0.25) is 5.02 Å². The number of likely N-dealkylation sites (tertiary alicyclic amines) is 1. The summed E-state index contributed by atoms with van der Waals surface area (Å²) in [4.78, 5) is 41.8. The summed E-state index contributed by atoms with van der Waals surface area (Å²) in [5.41, 5.74) is -1.44. The number of hydrogen-bond acceptors (Lipinski definition) is 5. The molecule has 3 fully saturated rings. The largest absolute Gasteiger partial charge is 0.396 e. The van der Waals surface area contributed by atoms with Gasteiger partial charge in [-0.2, -0.15) is 0 Å². The van der Waals surface area contributed by atoms with Gasteiger partial charge in [0.15, 0.2) is 0 Å². The Kier molecular flexibility index (Phi) is 6.22. The molecule has 4 rings (SSSR count). The van der Waals surface area contributed by atoms with E-state index in [1.165, 1.54) is 4.90 Å². The average molecular weight is 464 g/mol. The van der Waals surface area contributed by atoms with Gasteiger partial charge in [-0.15, -0.1) is 0 Å². The first-order valence-corrected chi connectivity index (χ1v) is 11.6. The van der Waals surface area contributed by atoms with E-state index >= 15 is 0 Å². The van der Waals surface area contributed by atoms with Crippen molar-refractivity contribution in [1.82, 2.24) is 10.2 Å². The molecule has 3 heterocycles. The first-order valence-electron chi connectivity index (χ1n) is 11.2. The Morgan fingerprint density at radius 1 is 1.28 bits per heavy atom. The highest BCUT2D eigenvalue weighted by atomic mass is 35.5. The molecule has 9 heteroatoms. The van der Waals surface area contributed by atoms with Crippen LogP contribution in [-0.2, 0) is 19.1 Å². The minimum absolute atomic E-state index is 0.112. The summed E-state index contributed by atoms with van der Waals surface area (Å²) >= 11 is 6.23. The summed E-state index contributed by atoms with van der Waals surface area (Å²) in [5, 5.41) is 15.5. The minimum atomic E-state index is -1.08. The van der Waals surface area contributed by atoms with Crippen LogP contribution in [0.25, 0.3) is 0 Å². The molecule has 5 atom stereocenters. The molecule has 1 aromatic carbocycles. The number of anilines is 1. The van der Waals surface area contributed by atoms with E-state index in [4.69, 9.17) is 16.3 Å². The van der Waals surface area contributed by atoms with Crippen LogP contribution in [0.3, 0.4) is 0 Å². The zero-order valence-corrected chi connectivity index (χ0v) is 19.2.